The summed E-state index contributed by atoms with van der Waals surface area (Å²) < 4.78 is 0. The van der Waals surface area contributed by atoms with E-state index in [0.29, 0.717) is 0 Å². The van der Waals surface area contributed by atoms with E-state index >= 15 is 0 Å². The molecule has 0 spiro atoms. The van der Waals surface area contributed by atoms with Gasteiger partial charge >= 0.3 is 11.9 Å². The third-order valence-electron chi connectivity index (χ3n) is 2.43. The molecule has 0 aromatic rings. The predicted molar refractivity (Wildman–Crippen MR) is 60.6 cm³/mol. The van der Waals surface area contributed by atoms with Crippen molar-refractivity contribution in [3.63, 3.8) is 0 Å². The second kappa shape index (κ2) is 6.04. The van der Waals surface area contributed by atoms with Crippen molar-refractivity contribution in [1.29, 1.82) is 0 Å². The van der Waals surface area contributed by atoms with Crippen LogP contribution >= 0.6 is 0 Å². The number of hydrogen-bond donors (Lipinski definition) is 3. The quantitative estimate of drug-likeness (QED) is 0.382. The minimum Gasteiger partial charge on any atom is -0.479 e. The molecule has 3 N–H and O–H groups in total. The number of carboxylic acids is 1. The molecule has 0 aromatic heterocycles. The Morgan fingerprint density at radius 2 is 1.90 bits per heavy atom. The van der Waals surface area contributed by atoms with Gasteiger partial charge in [-0.05, 0) is 17.2 Å². The number of nitro groups is 1. The number of ketones is 1. The molecule has 0 radical (unpaired) electrons. The first-order chi connectivity index (χ1) is 9.27. The number of rotatable bonds is 5. The zero-order valence-electron chi connectivity index (χ0n) is 9.82. The highest BCUT2D eigenvalue weighted by Gasteiger charge is 2.43. The van der Waals surface area contributed by atoms with E-state index in [1.54, 1.807) is 0 Å². The molecule has 10 heteroatoms. The normalized spacial score (nSPS) is 20.3. The molecule has 0 heterocycles. The molecule has 0 bridgehead atoms. The summed E-state index contributed by atoms with van der Waals surface area (Å²) in [7, 11) is 0. The fraction of sp³-hybridized carbons (Fsp3) is 0.300. The van der Waals surface area contributed by atoms with E-state index in [-0.39, 0.29) is 5.01 Å². The Bertz CT molecular complexity index is 511. The monoisotopic (exact) mass is 286 g/mol. The number of hydrazine groups is 1. The highest BCUT2D eigenvalue weighted by Crippen LogP contribution is 2.12. The minimum absolute atomic E-state index is 0.223. The Balaban J connectivity index is 3.03. The molecule has 0 saturated heterocycles. The lowest BCUT2D eigenvalue weighted by atomic mass is 10.1. The largest absolute Gasteiger partial charge is 0.479 e. The highest BCUT2D eigenvalue weighted by atomic mass is 16.7. The molecule has 20 heavy (non-hydrogen) atoms. The maximum atomic E-state index is 11.7. The van der Waals surface area contributed by atoms with E-state index in [1.807, 2.05) is 0 Å². The van der Waals surface area contributed by atoms with E-state index in [1.165, 1.54) is 12.2 Å². The Hall–Kier alpha value is -2.59. The van der Waals surface area contributed by atoms with Crippen molar-refractivity contribution in [2.45, 2.75) is 18.2 Å². The lowest BCUT2D eigenvalue weighted by molar-refractivity contribution is -0.638. The first-order valence-electron chi connectivity index (χ1n) is 5.22. The first-order valence-corrected chi connectivity index (χ1v) is 5.22. The van der Waals surface area contributed by atoms with Gasteiger partial charge in [-0.3, -0.25) is 9.59 Å². The molecule has 3 unspecified atom stereocenters. The molecule has 108 valence electrons. The van der Waals surface area contributed by atoms with Gasteiger partial charge in [-0.2, -0.15) is 0 Å². The molecule has 10 nitrogen and oxygen atoms in total. The Kier molecular flexibility index (Phi) is 4.67. The number of allylic oxidation sites excluding steroid dienone is 2. The van der Waals surface area contributed by atoms with Gasteiger partial charge in [0, 0.05) is 0 Å². The van der Waals surface area contributed by atoms with Gasteiger partial charge in [0.05, 0.1) is 0 Å². The van der Waals surface area contributed by atoms with Gasteiger partial charge in [-0.25, -0.2) is 14.9 Å². The van der Waals surface area contributed by atoms with E-state index in [0.717, 1.165) is 12.2 Å². The number of hydrogen-bond acceptors (Lipinski definition) is 7. The van der Waals surface area contributed by atoms with Crippen LogP contribution in [0.2, 0.25) is 0 Å². The Labute approximate surface area is 111 Å². The highest BCUT2D eigenvalue weighted by molar-refractivity contribution is 6.00. The predicted octanol–water partition coefficient (Wildman–Crippen LogP) is -2.12. The van der Waals surface area contributed by atoms with Gasteiger partial charge < -0.3 is 15.3 Å². The summed E-state index contributed by atoms with van der Waals surface area (Å²) in [5.74, 6) is -4.43. The van der Waals surface area contributed by atoms with Crippen molar-refractivity contribution < 1.29 is 34.7 Å². The van der Waals surface area contributed by atoms with Crippen LogP contribution in [0.1, 0.15) is 0 Å². The van der Waals surface area contributed by atoms with Crippen molar-refractivity contribution in [2.75, 3.05) is 0 Å². The summed E-state index contributed by atoms with van der Waals surface area (Å²) in [5.41, 5.74) is 0. The fourth-order valence-corrected chi connectivity index (χ4v) is 1.44. The van der Waals surface area contributed by atoms with Crippen LogP contribution in [0.4, 0.5) is 0 Å². The molecule has 3 atom stereocenters. The molecule has 1 amide bonds. The molecule has 0 fully saturated rings. The smallest absolute Gasteiger partial charge is 0.335 e. The topological polar surface area (TPSA) is 158 Å². The average Bonchev–Trinajstić information content (AvgIpc) is 2.38. The van der Waals surface area contributed by atoms with Crippen molar-refractivity contribution >= 4 is 17.7 Å². The van der Waals surface area contributed by atoms with Gasteiger partial charge in [-0.15, -0.1) is 0 Å². The van der Waals surface area contributed by atoms with Crippen LogP contribution in [0.3, 0.4) is 0 Å². The van der Waals surface area contributed by atoms with Crippen LogP contribution in [0.15, 0.2) is 24.3 Å². The molecule has 1 rings (SSSR count). The van der Waals surface area contributed by atoms with E-state index in [4.69, 9.17) is 10.2 Å². The van der Waals surface area contributed by atoms with Crippen molar-refractivity contribution in [2.24, 2.45) is 0 Å². The second-order valence-corrected chi connectivity index (χ2v) is 3.74. The minimum atomic E-state index is -2.56. The van der Waals surface area contributed by atoms with Crippen LogP contribution in [0.5, 0.6) is 0 Å². The summed E-state index contributed by atoms with van der Waals surface area (Å²) >= 11 is 0. The lowest BCUT2D eigenvalue weighted by Crippen LogP contribution is -2.55. The Morgan fingerprint density at radius 1 is 1.30 bits per heavy atom. The number of carbonyl (C=O) groups excluding carboxylic acids is 2. The van der Waals surface area contributed by atoms with Crippen molar-refractivity contribution in [1.82, 2.24) is 5.01 Å². The summed E-state index contributed by atoms with van der Waals surface area (Å²) in [6.45, 7) is 0. The van der Waals surface area contributed by atoms with E-state index in [9.17, 15) is 29.6 Å². The molecule has 0 saturated carbocycles. The molecule has 0 aliphatic heterocycles. The zero-order chi connectivity index (χ0) is 15.4. The van der Waals surface area contributed by atoms with Crippen LogP contribution in [-0.4, -0.2) is 61.3 Å². The molecular formula is C10H10N2O8. The number of amides is 1. The van der Waals surface area contributed by atoms with E-state index < -0.39 is 40.9 Å². The number of aliphatic carboxylic acids is 1. The fourth-order valence-electron chi connectivity index (χ4n) is 1.44. The molecule has 1 aliphatic rings. The third kappa shape index (κ3) is 3.05. The standard InChI is InChI=1S/C10H10N2O8/c13-6-4-2-1-3-5(6)11(12(19)20)9(16)7(14)8(15)10(17)18/h1-5,7-8,14-15H,(H,17,18). The molecule has 0 aromatic carbocycles. The maximum absolute atomic E-state index is 11.7. The summed E-state index contributed by atoms with van der Waals surface area (Å²) in [6.07, 6.45) is -0.523. The summed E-state index contributed by atoms with van der Waals surface area (Å²) in [6, 6.07) is -1.61. The lowest BCUT2D eigenvalue weighted by Gasteiger charge is -2.22. The zero-order valence-corrected chi connectivity index (χ0v) is 9.82. The second-order valence-electron chi connectivity index (χ2n) is 3.74. The molecule has 1 aliphatic carbocycles. The number of carboxylic acid groups (broad SMARTS) is 1. The Morgan fingerprint density at radius 3 is 2.35 bits per heavy atom. The number of aliphatic hydroxyl groups is 2. The summed E-state index contributed by atoms with van der Waals surface area (Å²) in [4.78, 5) is 44.4. The number of aliphatic hydroxyl groups excluding tert-OH is 2. The van der Waals surface area contributed by atoms with E-state index in [2.05, 4.69) is 0 Å². The average molecular weight is 286 g/mol. The van der Waals surface area contributed by atoms with Crippen LogP contribution < -0.4 is 0 Å². The maximum Gasteiger partial charge on any atom is 0.335 e. The van der Waals surface area contributed by atoms with Crippen LogP contribution in [0.25, 0.3) is 0 Å². The van der Waals surface area contributed by atoms with Gasteiger partial charge in [0.2, 0.25) is 0 Å². The third-order valence-corrected chi connectivity index (χ3v) is 2.43. The first kappa shape index (κ1) is 15.5. The van der Waals surface area contributed by atoms with Gasteiger partial charge in [-0.1, -0.05) is 12.2 Å². The number of carbonyl (C=O) groups is 3. The SMILES string of the molecule is O=C(O)C(O)C(O)C(=O)N(C1C=CC=CC1=O)[N+](=O)[O-]. The number of nitrogens with zero attached hydrogens (tertiary/aromatic N) is 2. The van der Waals surface area contributed by atoms with Gasteiger partial charge in [0.25, 0.3) is 0 Å². The van der Waals surface area contributed by atoms with Crippen molar-refractivity contribution in [3.8, 4) is 0 Å². The van der Waals surface area contributed by atoms with Gasteiger partial charge in [0.1, 0.15) is 0 Å². The van der Waals surface area contributed by atoms with Crippen molar-refractivity contribution in [3.05, 3.63) is 34.4 Å². The van der Waals surface area contributed by atoms with Crippen LogP contribution in [-0.2, 0) is 14.4 Å². The molecular weight excluding hydrogens is 276 g/mol. The summed E-state index contributed by atoms with van der Waals surface area (Å²) in [5, 5.41) is 36.1. The van der Waals surface area contributed by atoms with Gasteiger partial charge in [0.15, 0.2) is 29.1 Å². The van der Waals surface area contributed by atoms with Crippen LogP contribution in [0, 0.1) is 10.1 Å².